The quantitative estimate of drug-likeness (QED) is 0.688. The van der Waals surface area contributed by atoms with Gasteiger partial charge in [-0.05, 0) is 29.8 Å². The van der Waals surface area contributed by atoms with Gasteiger partial charge in [0.2, 0.25) is 0 Å². The summed E-state index contributed by atoms with van der Waals surface area (Å²) >= 11 is 5.77. The molecule has 1 aromatic heterocycles. The monoisotopic (exact) mass is 395 g/mol. The number of rotatable bonds is 4. The second kappa shape index (κ2) is 7.71. The Morgan fingerprint density at radius 1 is 1.11 bits per heavy atom. The fourth-order valence-corrected chi connectivity index (χ4v) is 2.47. The molecular formula is C18H13ClF3N3O2. The first-order valence-electron chi connectivity index (χ1n) is 7.75. The van der Waals surface area contributed by atoms with Gasteiger partial charge in [0, 0.05) is 11.6 Å². The minimum absolute atomic E-state index is 0.0736. The van der Waals surface area contributed by atoms with Crippen LogP contribution in [0.3, 0.4) is 0 Å². The molecule has 0 aliphatic carbocycles. The lowest BCUT2D eigenvalue weighted by Gasteiger charge is -2.12. The summed E-state index contributed by atoms with van der Waals surface area (Å²) in [7, 11) is 0. The van der Waals surface area contributed by atoms with Gasteiger partial charge < -0.3 is 10.1 Å². The van der Waals surface area contributed by atoms with Crippen molar-refractivity contribution in [1.82, 2.24) is 15.1 Å². The number of para-hydroxylation sites is 1. The number of aromatic nitrogens is 2. The Morgan fingerprint density at radius 3 is 2.41 bits per heavy atom. The second-order valence-corrected chi connectivity index (χ2v) is 5.91. The van der Waals surface area contributed by atoms with E-state index in [0.717, 1.165) is 6.20 Å². The second-order valence-electron chi connectivity index (χ2n) is 5.47. The van der Waals surface area contributed by atoms with Crippen LogP contribution in [-0.4, -0.2) is 15.9 Å². The van der Waals surface area contributed by atoms with Crippen LogP contribution < -0.4 is 10.1 Å². The molecule has 0 radical (unpaired) electrons. The van der Waals surface area contributed by atoms with E-state index in [1.165, 1.54) is 12.1 Å². The number of alkyl halides is 3. The minimum atomic E-state index is -4.77. The summed E-state index contributed by atoms with van der Waals surface area (Å²) in [5.41, 5.74) is -0.260. The van der Waals surface area contributed by atoms with Gasteiger partial charge in [-0.25, -0.2) is 9.48 Å². The SMILES string of the molecule is O=C(NCc1ccc(Cl)cc1)Oc1cnn(-c2ccccc2)c1C(F)(F)F. The number of hydrogen-bond acceptors (Lipinski definition) is 3. The Hall–Kier alpha value is -3.00. The van der Waals surface area contributed by atoms with Crippen LogP contribution in [0.4, 0.5) is 18.0 Å². The van der Waals surface area contributed by atoms with E-state index in [1.54, 1.807) is 42.5 Å². The first kappa shape index (κ1) is 18.8. The van der Waals surface area contributed by atoms with Gasteiger partial charge in [0.1, 0.15) is 0 Å². The highest BCUT2D eigenvalue weighted by Gasteiger charge is 2.40. The minimum Gasteiger partial charge on any atom is -0.406 e. The molecule has 5 nitrogen and oxygen atoms in total. The molecule has 1 heterocycles. The molecule has 2 aromatic carbocycles. The van der Waals surface area contributed by atoms with E-state index in [4.69, 9.17) is 16.3 Å². The van der Waals surface area contributed by atoms with E-state index in [9.17, 15) is 18.0 Å². The third-order valence-corrected chi connectivity index (χ3v) is 3.81. The van der Waals surface area contributed by atoms with Crippen molar-refractivity contribution in [3.8, 4) is 11.4 Å². The number of nitrogens with one attached hydrogen (secondary N) is 1. The Morgan fingerprint density at radius 2 is 1.78 bits per heavy atom. The van der Waals surface area contributed by atoms with E-state index in [1.807, 2.05) is 0 Å². The molecule has 1 N–H and O–H groups in total. The van der Waals surface area contributed by atoms with Crippen LogP contribution in [0.25, 0.3) is 5.69 Å². The molecule has 0 fully saturated rings. The van der Waals surface area contributed by atoms with Crippen molar-refractivity contribution in [3.63, 3.8) is 0 Å². The van der Waals surface area contributed by atoms with Crippen LogP contribution in [0, 0.1) is 0 Å². The Kier molecular flexibility index (Phi) is 5.36. The molecular weight excluding hydrogens is 383 g/mol. The molecule has 0 aliphatic heterocycles. The molecule has 3 rings (SSSR count). The summed E-state index contributed by atoms with van der Waals surface area (Å²) in [5.74, 6) is -0.681. The smallest absolute Gasteiger partial charge is 0.406 e. The van der Waals surface area contributed by atoms with Crippen LogP contribution in [0.15, 0.2) is 60.8 Å². The molecule has 27 heavy (non-hydrogen) atoms. The zero-order valence-electron chi connectivity index (χ0n) is 13.7. The number of carbonyl (C=O) groups is 1. The average molecular weight is 396 g/mol. The Bertz CT molecular complexity index is 925. The maximum Gasteiger partial charge on any atom is 0.437 e. The maximum atomic E-state index is 13.5. The fraction of sp³-hybridized carbons (Fsp3) is 0.111. The van der Waals surface area contributed by atoms with Crippen LogP contribution >= 0.6 is 11.6 Å². The first-order chi connectivity index (χ1) is 12.8. The zero-order chi connectivity index (χ0) is 19.4. The molecule has 9 heteroatoms. The molecule has 0 spiro atoms. The normalized spacial score (nSPS) is 11.3. The van der Waals surface area contributed by atoms with Crippen LogP contribution in [0.5, 0.6) is 5.75 Å². The number of carbonyl (C=O) groups excluding carboxylic acids is 1. The molecule has 0 atom stereocenters. The summed E-state index contributed by atoms with van der Waals surface area (Å²) < 4.78 is 46.0. The standard InChI is InChI=1S/C18H13ClF3N3O2/c19-13-8-6-12(7-9-13)10-23-17(26)27-15-11-24-25(16(15)18(20,21)22)14-4-2-1-3-5-14/h1-9,11H,10H2,(H,23,26). The van der Waals surface area contributed by atoms with Crippen molar-refractivity contribution in [2.45, 2.75) is 12.7 Å². The number of benzene rings is 2. The van der Waals surface area contributed by atoms with Gasteiger partial charge in [0.25, 0.3) is 0 Å². The summed E-state index contributed by atoms with van der Waals surface area (Å²) in [6.45, 7) is 0.0736. The van der Waals surface area contributed by atoms with Crippen LogP contribution in [-0.2, 0) is 12.7 Å². The Balaban J connectivity index is 1.77. The van der Waals surface area contributed by atoms with Crippen molar-refractivity contribution in [2.75, 3.05) is 0 Å². The predicted molar refractivity (Wildman–Crippen MR) is 92.9 cm³/mol. The highest BCUT2D eigenvalue weighted by Crippen LogP contribution is 2.37. The molecule has 0 saturated heterocycles. The highest BCUT2D eigenvalue weighted by molar-refractivity contribution is 6.30. The lowest BCUT2D eigenvalue weighted by molar-refractivity contribution is -0.143. The highest BCUT2D eigenvalue weighted by atomic mass is 35.5. The van der Waals surface area contributed by atoms with Gasteiger partial charge >= 0.3 is 12.3 Å². The van der Waals surface area contributed by atoms with Gasteiger partial charge in [-0.2, -0.15) is 18.3 Å². The van der Waals surface area contributed by atoms with Crippen LogP contribution in [0.2, 0.25) is 5.02 Å². The summed E-state index contributed by atoms with van der Waals surface area (Å²) in [6.07, 6.45) is -4.93. The number of nitrogens with zero attached hydrogens (tertiary/aromatic N) is 2. The molecule has 0 saturated carbocycles. The predicted octanol–water partition coefficient (Wildman–Crippen LogP) is 4.83. The topological polar surface area (TPSA) is 56.1 Å². The van der Waals surface area contributed by atoms with Gasteiger partial charge in [-0.3, -0.25) is 0 Å². The van der Waals surface area contributed by atoms with E-state index >= 15 is 0 Å². The van der Waals surface area contributed by atoms with Crippen molar-refractivity contribution >= 4 is 17.7 Å². The lowest BCUT2D eigenvalue weighted by Crippen LogP contribution is -2.27. The van der Waals surface area contributed by atoms with Crippen molar-refractivity contribution in [2.24, 2.45) is 0 Å². The molecule has 3 aromatic rings. The van der Waals surface area contributed by atoms with E-state index in [0.29, 0.717) is 15.3 Å². The zero-order valence-corrected chi connectivity index (χ0v) is 14.5. The lowest BCUT2D eigenvalue weighted by atomic mass is 10.2. The van der Waals surface area contributed by atoms with Gasteiger partial charge in [-0.15, -0.1) is 0 Å². The van der Waals surface area contributed by atoms with Gasteiger partial charge in [0.05, 0.1) is 11.9 Å². The van der Waals surface area contributed by atoms with E-state index < -0.39 is 23.7 Å². The Labute approximate surface area is 157 Å². The number of amides is 1. The van der Waals surface area contributed by atoms with E-state index in [-0.39, 0.29) is 12.2 Å². The molecule has 140 valence electrons. The number of hydrogen-bond donors (Lipinski definition) is 1. The van der Waals surface area contributed by atoms with Gasteiger partial charge in [0.15, 0.2) is 11.4 Å². The van der Waals surface area contributed by atoms with Crippen molar-refractivity contribution in [1.29, 1.82) is 0 Å². The molecule has 0 aliphatic rings. The van der Waals surface area contributed by atoms with Gasteiger partial charge in [-0.1, -0.05) is 41.9 Å². The van der Waals surface area contributed by atoms with E-state index in [2.05, 4.69) is 10.4 Å². The largest absolute Gasteiger partial charge is 0.437 e. The summed E-state index contributed by atoms with van der Waals surface area (Å²) in [4.78, 5) is 11.9. The number of halogens is 4. The van der Waals surface area contributed by atoms with Crippen molar-refractivity contribution in [3.05, 3.63) is 77.1 Å². The molecule has 0 unspecified atom stereocenters. The summed E-state index contributed by atoms with van der Waals surface area (Å²) in [6, 6.07) is 14.4. The first-order valence-corrected chi connectivity index (χ1v) is 8.13. The molecule has 1 amide bonds. The van der Waals surface area contributed by atoms with Crippen molar-refractivity contribution < 1.29 is 22.7 Å². The third kappa shape index (κ3) is 4.59. The average Bonchev–Trinajstić information content (AvgIpc) is 3.06. The fourth-order valence-electron chi connectivity index (χ4n) is 2.35. The van der Waals surface area contributed by atoms with Crippen LogP contribution in [0.1, 0.15) is 11.3 Å². The summed E-state index contributed by atoms with van der Waals surface area (Å²) in [5, 5.41) is 6.63. The molecule has 0 bridgehead atoms. The maximum absolute atomic E-state index is 13.5. The third-order valence-electron chi connectivity index (χ3n) is 3.56. The number of ether oxygens (including phenoxy) is 1.